The largest absolute Gasteiger partial charge is 0.439 e. The van der Waals surface area contributed by atoms with Crippen molar-refractivity contribution < 1.29 is 4.42 Å². The summed E-state index contributed by atoms with van der Waals surface area (Å²) in [5.74, 6) is 2.15. The Morgan fingerprint density at radius 1 is 1.20 bits per heavy atom. The molecule has 0 bridgehead atoms. The number of hydrogen-bond donors (Lipinski definition) is 2. The molecular formula is C19H22N4OS. The minimum atomic E-state index is 0.491. The number of aromatic nitrogens is 1. The van der Waals surface area contributed by atoms with Crippen LogP contribution in [0.3, 0.4) is 0 Å². The van der Waals surface area contributed by atoms with Gasteiger partial charge in [-0.15, -0.1) is 11.3 Å². The van der Waals surface area contributed by atoms with Gasteiger partial charge in [-0.1, -0.05) is 35.9 Å². The summed E-state index contributed by atoms with van der Waals surface area (Å²) >= 11 is 1.77. The number of nitrogens with zero attached hydrogens (tertiary/aromatic N) is 2. The molecule has 6 heteroatoms. The second-order valence-corrected chi connectivity index (χ2v) is 6.70. The third-order valence-electron chi connectivity index (χ3n) is 3.76. The molecule has 0 fully saturated rings. The maximum absolute atomic E-state index is 5.81. The Kier molecular flexibility index (Phi) is 5.85. The molecule has 0 atom stereocenters. The number of rotatable bonds is 6. The summed E-state index contributed by atoms with van der Waals surface area (Å²) in [4.78, 5) is 9.92. The van der Waals surface area contributed by atoms with Crippen molar-refractivity contribution in [2.45, 2.75) is 19.9 Å². The molecule has 0 radical (unpaired) electrons. The normalized spacial score (nSPS) is 11.5. The second kappa shape index (κ2) is 8.48. The average Bonchev–Trinajstić information content (AvgIpc) is 3.30. The van der Waals surface area contributed by atoms with E-state index in [1.165, 1.54) is 10.4 Å². The molecule has 0 aliphatic carbocycles. The number of aliphatic imine (C=N–C) groups is 1. The lowest BCUT2D eigenvalue weighted by atomic mass is 10.1. The topological polar surface area (TPSA) is 62.5 Å². The van der Waals surface area contributed by atoms with E-state index in [2.05, 4.69) is 57.2 Å². The smallest absolute Gasteiger partial charge is 0.214 e. The first-order valence-electron chi connectivity index (χ1n) is 8.23. The zero-order valence-electron chi connectivity index (χ0n) is 14.5. The Bertz CT molecular complexity index is 806. The van der Waals surface area contributed by atoms with Crippen LogP contribution in [0, 0.1) is 6.92 Å². The average molecular weight is 354 g/mol. The van der Waals surface area contributed by atoms with E-state index in [1.54, 1.807) is 24.6 Å². The number of oxazole rings is 1. The third-order valence-corrected chi connectivity index (χ3v) is 4.70. The number of guanidine groups is 1. The molecule has 3 aromatic rings. The number of nitrogens with one attached hydrogen (secondary N) is 2. The van der Waals surface area contributed by atoms with Crippen molar-refractivity contribution in [3.63, 3.8) is 0 Å². The zero-order chi connectivity index (χ0) is 17.5. The summed E-state index contributed by atoms with van der Waals surface area (Å²) in [6.45, 7) is 3.39. The molecule has 5 nitrogen and oxygen atoms in total. The van der Waals surface area contributed by atoms with Gasteiger partial charge >= 0.3 is 0 Å². The molecule has 2 N–H and O–H groups in total. The van der Waals surface area contributed by atoms with E-state index in [9.17, 15) is 0 Å². The monoisotopic (exact) mass is 354 g/mol. The zero-order valence-corrected chi connectivity index (χ0v) is 15.3. The Morgan fingerprint density at radius 3 is 2.76 bits per heavy atom. The lowest BCUT2D eigenvalue weighted by Gasteiger charge is -2.09. The lowest BCUT2D eigenvalue weighted by molar-refractivity contribution is 0.497. The van der Waals surface area contributed by atoms with Crippen molar-refractivity contribution in [2.24, 2.45) is 4.99 Å². The fraction of sp³-hybridized carbons (Fsp3) is 0.263. The number of aryl methyl sites for hydroxylation is 1. The standard InChI is InChI=1S/C19H22N4OS/c1-14-5-7-15(8-6-14)17-12-22-18(24-17)13-23-19(20-2)21-10-9-16-4-3-11-25-16/h3-8,11-12H,9-10,13H2,1-2H3,(H2,20,21,23). The van der Waals surface area contributed by atoms with Gasteiger partial charge in [-0.3, -0.25) is 4.99 Å². The van der Waals surface area contributed by atoms with Crippen molar-refractivity contribution in [1.82, 2.24) is 15.6 Å². The molecule has 1 aromatic carbocycles. The minimum Gasteiger partial charge on any atom is -0.439 e. The molecule has 0 unspecified atom stereocenters. The van der Waals surface area contributed by atoms with Gasteiger partial charge in [-0.25, -0.2) is 4.98 Å². The van der Waals surface area contributed by atoms with Crippen LogP contribution in [0.25, 0.3) is 11.3 Å². The first-order chi connectivity index (χ1) is 12.2. The fourth-order valence-electron chi connectivity index (χ4n) is 2.38. The third kappa shape index (κ3) is 4.93. The number of hydrogen-bond acceptors (Lipinski definition) is 4. The molecule has 0 aliphatic rings. The van der Waals surface area contributed by atoms with Gasteiger partial charge in [0.05, 0.1) is 12.7 Å². The summed E-state index contributed by atoms with van der Waals surface area (Å²) in [6.07, 6.45) is 2.74. The molecule has 2 heterocycles. The molecule has 130 valence electrons. The van der Waals surface area contributed by atoms with E-state index in [0.29, 0.717) is 12.4 Å². The fourth-order valence-corrected chi connectivity index (χ4v) is 3.09. The first-order valence-corrected chi connectivity index (χ1v) is 9.11. The van der Waals surface area contributed by atoms with Crippen molar-refractivity contribution in [3.05, 3.63) is 64.3 Å². The van der Waals surface area contributed by atoms with E-state index >= 15 is 0 Å². The van der Waals surface area contributed by atoms with Gasteiger partial charge in [0.15, 0.2) is 11.7 Å². The molecule has 0 spiro atoms. The van der Waals surface area contributed by atoms with Crippen molar-refractivity contribution in [3.8, 4) is 11.3 Å². The summed E-state index contributed by atoms with van der Waals surface area (Å²) in [5, 5.41) is 8.62. The molecule has 0 amide bonds. The quantitative estimate of drug-likeness (QED) is 0.524. The molecule has 2 aromatic heterocycles. The van der Waals surface area contributed by atoms with Crippen LogP contribution in [-0.2, 0) is 13.0 Å². The van der Waals surface area contributed by atoms with Crippen LogP contribution in [0.5, 0.6) is 0 Å². The van der Waals surface area contributed by atoms with Crippen molar-refractivity contribution in [2.75, 3.05) is 13.6 Å². The van der Waals surface area contributed by atoms with E-state index < -0.39 is 0 Å². The number of thiophene rings is 1. The Labute approximate surface area is 151 Å². The van der Waals surface area contributed by atoms with Gasteiger partial charge in [0.2, 0.25) is 5.89 Å². The van der Waals surface area contributed by atoms with Crippen LogP contribution in [0.15, 0.2) is 57.4 Å². The van der Waals surface area contributed by atoms with Gasteiger partial charge in [-0.2, -0.15) is 0 Å². The maximum Gasteiger partial charge on any atom is 0.214 e. The number of benzene rings is 1. The second-order valence-electron chi connectivity index (χ2n) is 5.67. The van der Waals surface area contributed by atoms with Crippen LogP contribution < -0.4 is 10.6 Å². The van der Waals surface area contributed by atoms with Crippen LogP contribution in [-0.4, -0.2) is 24.5 Å². The molecular weight excluding hydrogens is 332 g/mol. The van der Waals surface area contributed by atoms with E-state index in [4.69, 9.17) is 4.42 Å². The SMILES string of the molecule is CN=C(NCCc1cccs1)NCc1ncc(-c2ccc(C)cc2)o1. The van der Waals surface area contributed by atoms with Gasteiger partial charge in [0.1, 0.15) is 0 Å². The molecule has 0 aliphatic heterocycles. The molecule has 3 rings (SSSR count). The molecule has 0 saturated heterocycles. The Hall–Kier alpha value is -2.60. The van der Waals surface area contributed by atoms with Gasteiger partial charge < -0.3 is 15.1 Å². The minimum absolute atomic E-state index is 0.491. The van der Waals surface area contributed by atoms with Crippen LogP contribution >= 0.6 is 11.3 Å². The highest BCUT2D eigenvalue weighted by Gasteiger charge is 2.07. The van der Waals surface area contributed by atoms with Crippen LogP contribution in [0.4, 0.5) is 0 Å². The van der Waals surface area contributed by atoms with Crippen LogP contribution in [0.2, 0.25) is 0 Å². The predicted octanol–water partition coefficient (Wildman–Crippen LogP) is 3.62. The van der Waals surface area contributed by atoms with Crippen molar-refractivity contribution >= 4 is 17.3 Å². The van der Waals surface area contributed by atoms with E-state index in [1.807, 2.05) is 12.1 Å². The van der Waals surface area contributed by atoms with E-state index in [-0.39, 0.29) is 0 Å². The van der Waals surface area contributed by atoms with Gasteiger partial charge in [-0.05, 0) is 24.8 Å². The summed E-state index contributed by atoms with van der Waals surface area (Å²) in [5.41, 5.74) is 2.25. The highest BCUT2D eigenvalue weighted by molar-refractivity contribution is 7.09. The Morgan fingerprint density at radius 2 is 2.04 bits per heavy atom. The highest BCUT2D eigenvalue weighted by Crippen LogP contribution is 2.20. The van der Waals surface area contributed by atoms with E-state index in [0.717, 1.165) is 30.2 Å². The van der Waals surface area contributed by atoms with Gasteiger partial charge in [0.25, 0.3) is 0 Å². The molecule has 25 heavy (non-hydrogen) atoms. The summed E-state index contributed by atoms with van der Waals surface area (Å²) in [7, 11) is 1.76. The Balaban J connectivity index is 1.49. The molecule has 0 saturated carbocycles. The van der Waals surface area contributed by atoms with Crippen molar-refractivity contribution in [1.29, 1.82) is 0 Å². The van der Waals surface area contributed by atoms with Gasteiger partial charge in [0, 0.05) is 24.0 Å². The lowest BCUT2D eigenvalue weighted by Crippen LogP contribution is -2.37. The maximum atomic E-state index is 5.81. The highest BCUT2D eigenvalue weighted by atomic mass is 32.1. The predicted molar refractivity (Wildman–Crippen MR) is 103 cm³/mol. The summed E-state index contributed by atoms with van der Waals surface area (Å²) < 4.78 is 5.81. The van der Waals surface area contributed by atoms with Crippen LogP contribution in [0.1, 0.15) is 16.3 Å². The first kappa shape index (κ1) is 17.2. The summed E-state index contributed by atoms with van der Waals surface area (Å²) in [6, 6.07) is 12.4.